The Morgan fingerprint density at radius 3 is 2.33 bits per heavy atom. The van der Waals surface area contributed by atoms with Gasteiger partial charge in [0.2, 0.25) is 0 Å². The maximum Gasteiger partial charge on any atom is 0.0422 e. The van der Waals surface area contributed by atoms with Crippen LogP contribution in [0.4, 0.5) is 11.4 Å². The highest BCUT2D eigenvalue weighted by Crippen LogP contribution is 2.29. The summed E-state index contributed by atoms with van der Waals surface area (Å²) in [6, 6.07) is 16.7. The van der Waals surface area contributed by atoms with Gasteiger partial charge < -0.3 is 10.6 Å². The maximum atomic E-state index is 5.68. The van der Waals surface area contributed by atoms with E-state index < -0.39 is 0 Å². The molecule has 0 unspecified atom stereocenters. The summed E-state index contributed by atoms with van der Waals surface area (Å²) in [6.45, 7) is 3.63. The number of benzene rings is 2. The zero-order chi connectivity index (χ0) is 13.0. The first-order valence-corrected chi connectivity index (χ1v) is 6.86. The highest BCUT2D eigenvalue weighted by atomic mass is 79.9. The van der Waals surface area contributed by atoms with E-state index in [1.807, 2.05) is 6.07 Å². The van der Waals surface area contributed by atoms with Gasteiger partial charge in [-0.05, 0) is 36.8 Å². The molecule has 2 nitrogen and oxygen atoms in total. The molecular weight excluding hydrogens is 288 g/mol. The van der Waals surface area contributed by atoms with E-state index in [9.17, 15) is 0 Å². The number of hydrogen-bond donors (Lipinski definition) is 1. The second kappa shape index (κ2) is 6.03. The topological polar surface area (TPSA) is 29.3 Å². The summed E-state index contributed by atoms with van der Waals surface area (Å²) < 4.78 is 1.07. The molecule has 2 N–H and O–H groups in total. The Hall–Kier alpha value is -1.32. The summed E-state index contributed by atoms with van der Waals surface area (Å²) in [5.74, 6) is 0. The SMILES string of the molecule is CCN(c1ccccc1)c1ccc(CN)c(Br)c1. The lowest BCUT2D eigenvalue weighted by atomic mass is 10.2. The molecule has 2 aromatic carbocycles. The summed E-state index contributed by atoms with van der Waals surface area (Å²) in [6.07, 6.45) is 0. The van der Waals surface area contributed by atoms with Crippen molar-refractivity contribution < 1.29 is 0 Å². The average Bonchev–Trinajstić information content (AvgIpc) is 2.41. The lowest BCUT2D eigenvalue weighted by molar-refractivity contribution is 1.01. The highest BCUT2D eigenvalue weighted by molar-refractivity contribution is 9.10. The molecule has 2 rings (SSSR count). The second-order valence-electron chi connectivity index (χ2n) is 4.06. The predicted octanol–water partition coefficient (Wildman–Crippen LogP) is 4.07. The van der Waals surface area contributed by atoms with Gasteiger partial charge in [0.25, 0.3) is 0 Å². The molecule has 94 valence electrons. The van der Waals surface area contributed by atoms with Crippen LogP contribution in [0.3, 0.4) is 0 Å². The molecule has 0 aliphatic heterocycles. The van der Waals surface area contributed by atoms with Gasteiger partial charge in [-0.3, -0.25) is 0 Å². The molecule has 0 atom stereocenters. The van der Waals surface area contributed by atoms with Crippen molar-refractivity contribution in [3.63, 3.8) is 0 Å². The van der Waals surface area contributed by atoms with Gasteiger partial charge in [0, 0.05) is 28.9 Å². The van der Waals surface area contributed by atoms with Crippen LogP contribution >= 0.6 is 15.9 Å². The summed E-state index contributed by atoms with van der Waals surface area (Å²) >= 11 is 3.57. The van der Waals surface area contributed by atoms with Gasteiger partial charge in [0.1, 0.15) is 0 Å². The normalized spacial score (nSPS) is 10.4. The van der Waals surface area contributed by atoms with Crippen molar-refractivity contribution in [3.05, 3.63) is 58.6 Å². The van der Waals surface area contributed by atoms with Crippen LogP contribution in [0.2, 0.25) is 0 Å². The van der Waals surface area contributed by atoms with Crippen LogP contribution in [0.1, 0.15) is 12.5 Å². The number of nitrogens with two attached hydrogens (primary N) is 1. The van der Waals surface area contributed by atoms with Crippen molar-refractivity contribution >= 4 is 27.3 Å². The Bertz CT molecular complexity index is 511. The minimum Gasteiger partial charge on any atom is -0.342 e. The van der Waals surface area contributed by atoms with Crippen LogP contribution in [0, 0.1) is 0 Å². The van der Waals surface area contributed by atoms with Crippen molar-refractivity contribution in [2.75, 3.05) is 11.4 Å². The molecule has 3 heteroatoms. The molecular formula is C15H17BrN2. The lowest BCUT2D eigenvalue weighted by Gasteiger charge is -2.24. The summed E-state index contributed by atoms with van der Waals surface area (Å²) in [4.78, 5) is 2.27. The van der Waals surface area contributed by atoms with E-state index in [0.717, 1.165) is 16.6 Å². The van der Waals surface area contributed by atoms with Crippen molar-refractivity contribution in [2.24, 2.45) is 5.73 Å². The number of para-hydroxylation sites is 1. The fourth-order valence-corrected chi connectivity index (χ4v) is 2.52. The predicted molar refractivity (Wildman–Crippen MR) is 81.2 cm³/mol. The molecule has 18 heavy (non-hydrogen) atoms. The summed E-state index contributed by atoms with van der Waals surface area (Å²) in [7, 11) is 0. The Balaban J connectivity index is 2.37. The molecule has 2 aromatic rings. The standard InChI is InChI=1S/C15H17BrN2/c1-2-18(13-6-4-3-5-7-13)14-9-8-12(11-17)15(16)10-14/h3-10H,2,11,17H2,1H3. The van der Waals surface area contributed by atoms with Crippen LogP contribution in [-0.2, 0) is 6.54 Å². The van der Waals surface area contributed by atoms with Gasteiger partial charge >= 0.3 is 0 Å². The van der Waals surface area contributed by atoms with Gasteiger partial charge in [0.15, 0.2) is 0 Å². The highest BCUT2D eigenvalue weighted by Gasteiger charge is 2.08. The first kappa shape index (κ1) is 13.1. The van der Waals surface area contributed by atoms with Gasteiger partial charge in [0.05, 0.1) is 0 Å². The summed E-state index contributed by atoms with van der Waals surface area (Å²) in [5.41, 5.74) is 9.18. The number of nitrogens with zero attached hydrogens (tertiary/aromatic N) is 1. The fourth-order valence-electron chi connectivity index (χ4n) is 1.99. The quantitative estimate of drug-likeness (QED) is 0.922. The van der Waals surface area contributed by atoms with Crippen LogP contribution in [-0.4, -0.2) is 6.54 Å². The molecule has 0 spiro atoms. The second-order valence-corrected chi connectivity index (χ2v) is 4.91. The largest absolute Gasteiger partial charge is 0.342 e. The molecule has 0 saturated heterocycles. The Morgan fingerprint density at radius 2 is 1.78 bits per heavy atom. The number of hydrogen-bond acceptors (Lipinski definition) is 2. The average molecular weight is 305 g/mol. The van der Waals surface area contributed by atoms with Crippen molar-refractivity contribution in [2.45, 2.75) is 13.5 Å². The maximum absolute atomic E-state index is 5.68. The third-order valence-corrected chi connectivity index (χ3v) is 3.69. The van der Waals surface area contributed by atoms with Crippen molar-refractivity contribution in [1.29, 1.82) is 0 Å². The van der Waals surface area contributed by atoms with Gasteiger partial charge in [-0.1, -0.05) is 40.2 Å². The molecule has 0 bridgehead atoms. The molecule has 0 heterocycles. The number of anilines is 2. The van der Waals surface area contributed by atoms with Crippen LogP contribution in [0.25, 0.3) is 0 Å². The van der Waals surface area contributed by atoms with Crippen molar-refractivity contribution in [1.82, 2.24) is 0 Å². The third kappa shape index (κ3) is 2.74. The van der Waals surface area contributed by atoms with E-state index >= 15 is 0 Å². The van der Waals surface area contributed by atoms with Gasteiger partial charge in [-0.2, -0.15) is 0 Å². The zero-order valence-corrected chi connectivity index (χ0v) is 12.0. The van der Waals surface area contributed by atoms with Gasteiger partial charge in [-0.25, -0.2) is 0 Å². The molecule has 0 fully saturated rings. The Kier molecular flexibility index (Phi) is 4.39. The minimum absolute atomic E-state index is 0.554. The van der Waals surface area contributed by atoms with Crippen LogP contribution < -0.4 is 10.6 Å². The zero-order valence-electron chi connectivity index (χ0n) is 10.4. The first-order valence-electron chi connectivity index (χ1n) is 6.07. The van der Waals surface area contributed by atoms with E-state index in [0.29, 0.717) is 6.54 Å². The minimum atomic E-state index is 0.554. The third-order valence-electron chi connectivity index (χ3n) is 2.95. The van der Waals surface area contributed by atoms with E-state index in [1.165, 1.54) is 11.4 Å². The Morgan fingerprint density at radius 1 is 1.06 bits per heavy atom. The fraction of sp³-hybridized carbons (Fsp3) is 0.200. The lowest BCUT2D eigenvalue weighted by Crippen LogP contribution is -2.16. The first-order chi connectivity index (χ1) is 8.76. The van der Waals surface area contributed by atoms with E-state index in [1.54, 1.807) is 0 Å². The van der Waals surface area contributed by atoms with Crippen molar-refractivity contribution in [3.8, 4) is 0 Å². The number of halogens is 1. The smallest absolute Gasteiger partial charge is 0.0422 e. The van der Waals surface area contributed by atoms with E-state index in [2.05, 4.69) is 70.2 Å². The molecule has 0 aromatic heterocycles. The van der Waals surface area contributed by atoms with Crippen LogP contribution in [0.15, 0.2) is 53.0 Å². The number of rotatable bonds is 4. The van der Waals surface area contributed by atoms with Crippen LogP contribution in [0.5, 0.6) is 0 Å². The molecule has 0 radical (unpaired) electrons. The Labute approximate surface area is 117 Å². The van der Waals surface area contributed by atoms with E-state index in [4.69, 9.17) is 5.73 Å². The molecule has 0 aliphatic carbocycles. The van der Waals surface area contributed by atoms with Gasteiger partial charge in [-0.15, -0.1) is 0 Å². The summed E-state index contributed by atoms with van der Waals surface area (Å²) in [5, 5.41) is 0. The monoisotopic (exact) mass is 304 g/mol. The molecule has 0 saturated carbocycles. The van der Waals surface area contributed by atoms with E-state index in [-0.39, 0.29) is 0 Å². The molecule has 0 aliphatic rings. The molecule has 0 amide bonds.